The first-order chi connectivity index (χ1) is 13.6. The van der Waals surface area contributed by atoms with Crippen LogP contribution in [-0.2, 0) is 32.8 Å². The van der Waals surface area contributed by atoms with E-state index in [4.69, 9.17) is 14.7 Å². The highest BCUT2D eigenvalue weighted by molar-refractivity contribution is 7.78. The molecule has 0 N–H and O–H groups in total. The summed E-state index contributed by atoms with van der Waals surface area (Å²) in [6.07, 6.45) is -2.84. The van der Waals surface area contributed by atoms with E-state index in [0.717, 1.165) is 19.1 Å². The molecule has 0 saturated carbocycles. The van der Waals surface area contributed by atoms with Crippen LogP contribution < -0.4 is 4.74 Å². The van der Waals surface area contributed by atoms with E-state index in [-0.39, 0.29) is 33.8 Å². The molecule has 0 saturated heterocycles. The fourth-order valence-corrected chi connectivity index (χ4v) is 3.72. The topological polar surface area (TPSA) is 99.5 Å². The van der Waals surface area contributed by atoms with Gasteiger partial charge in [0.2, 0.25) is 0 Å². The zero-order valence-electron chi connectivity index (χ0n) is 14.9. The van der Waals surface area contributed by atoms with Gasteiger partial charge in [-0.25, -0.2) is 13.2 Å². The van der Waals surface area contributed by atoms with Gasteiger partial charge in [-0.1, -0.05) is 17.1 Å². The van der Waals surface area contributed by atoms with E-state index in [2.05, 4.69) is 0 Å². The van der Waals surface area contributed by atoms with Crippen LogP contribution >= 0.6 is 0 Å². The lowest BCUT2D eigenvalue weighted by molar-refractivity contribution is -0.168. The fourth-order valence-electron chi connectivity index (χ4n) is 3.21. The van der Waals surface area contributed by atoms with E-state index in [0.29, 0.717) is 0 Å². The smallest absolute Gasteiger partial charge is 0.303 e. The van der Waals surface area contributed by atoms with Crippen molar-refractivity contribution in [3.63, 3.8) is 0 Å². The van der Waals surface area contributed by atoms with Gasteiger partial charge in [0.25, 0.3) is 5.92 Å². The molecule has 29 heavy (non-hydrogen) atoms. The van der Waals surface area contributed by atoms with Crippen LogP contribution in [0.2, 0.25) is 0 Å². The number of hydrogen-bond donors (Lipinski definition) is 0. The highest BCUT2D eigenvalue weighted by Crippen LogP contribution is 2.50. The van der Waals surface area contributed by atoms with Crippen molar-refractivity contribution in [2.45, 2.75) is 31.1 Å². The molecular formula is C19H13F3NO5S-. The van der Waals surface area contributed by atoms with Crippen LogP contribution in [0.15, 0.2) is 30.3 Å². The second-order valence-corrected chi connectivity index (χ2v) is 7.28. The minimum Gasteiger partial charge on any atom is -0.772 e. The molecule has 0 amide bonds. The van der Waals surface area contributed by atoms with E-state index in [1.54, 1.807) is 6.07 Å². The van der Waals surface area contributed by atoms with Gasteiger partial charge < -0.3 is 14.0 Å². The molecule has 0 radical (unpaired) electrons. The van der Waals surface area contributed by atoms with Crippen molar-refractivity contribution < 1.29 is 36.2 Å². The number of carbonyl (C=O) groups is 1. The molecular weight excluding hydrogens is 411 g/mol. The summed E-state index contributed by atoms with van der Waals surface area (Å²) in [7, 11) is 0. The molecule has 0 heterocycles. The average Bonchev–Trinajstić information content (AvgIpc) is 2.87. The molecule has 1 unspecified atom stereocenters. The van der Waals surface area contributed by atoms with Crippen LogP contribution in [-0.4, -0.2) is 20.7 Å². The van der Waals surface area contributed by atoms with Crippen LogP contribution in [0.1, 0.15) is 35.3 Å². The lowest BCUT2D eigenvalue weighted by Gasteiger charge is -2.21. The van der Waals surface area contributed by atoms with Gasteiger partial charge in [0, 0.05) is 36.3 Å². The Hall–Kier alpha value is -2.90. The number of carbonyl (C=O) groups excluding carboxylic acids is 1. The minimum absolute atomic E-state index is 0.0295. The normalized spacial score (nSPS) is 17.9. The maximum absolute atomic E-state index is 14.6. The highest BCUT2D eigenvalue weighted by atomic mass is 32.2. The largest absolute Gasteiger partial charge is 0.772 e. The van der Waals surface area contributed by atoms with E-state index in [1.165, 1.54) is 18.2 Å². The Balaban J connectivity index is 2.11. The summed E-state index contributed by atoms with van der Waals surface area (Å²) in [6.45, 7) is 0.968. The van der Waals surface area contributed by atoms with Crippen LogP contribution in [0.5, 0.6) is 11.5 Å². The quantitative estimate of drug-likeness (QED) is 0.537. The maximum atomic E-state index is 14.6. The summed E-state index contributed by atoms with van der Waals surface area (Å²) in [5.41, 5.74) is -0.185. The van der Waals surface area contributed by atoms with Gasteiger partial charge >= 0.3 is 5.97 Å². The number of rotatable bonds is 5. The number of halogens is 3. The molecule has 3 rings (SSSR count). The zero-order chi connectivity index (χ0) is 21.3. The van der Waals surface area contributed by atoms with Crippen molar-refractivity contribution in [1.82, 2.24) is 0 Å². The fraction of sp³-hybridized carbons (Fsp3) is 0.263. The first-order valence-electron chi connectivity index (χ1n) is 8.25. The highest BCUT2D eigenvalue weighted by Gasteiger charge is 2.52. The Bertz CT molecular complexity index is 1050. The maximum Gasteiger partial charge on any atom is 0.303 e. The number of fused-ring (bicyclic) bond motifs is 1. The second-order valence-electron chi connectivity index (χ2n) is 6.38. The molecule has 0 fully saturated rings. The van der Waals surface area contributed by atoms with Crippen molar-refractivity contribution in [3.8, 4) is 17.6 Å². The van der Waals surface area contributed by atoms with Crippen LogP contribution in [0.3, 0.4) is 0 Å². The summed E-state index contributed by atoms with van der Waals surface area (Å²) >= 11 is -2.58. The summed E-state index contributed by atoms with van der Waals surface area (Å²) in [5.74, 6) is -5.93. The van der Waals surface area contributed by atoms with E-state index >= 15 is 0 Å². The zero-order valence-corrected chi connectivity index (χ0v) is 15.7. The molecule has 0 aromatic heterocycles. The molecule has 2 aromatic rings. The summed E-state index contributed by atoms with van der Waals surface area (Å²) in [4.78, 5) is 11.3. The third-order valence-electron chi connectivity index (χ3n) is 4.25. The third kappa shape index (κ3) is 4.41. The summed E-state index contributed by atoms with van der Waals surface area (Å²) < 4.78 is 75.4. The van der Waals surface area contributed by atoms with Crippen molar-refractivity contribution in [2.24, 2.45) is 0 Å². The Kier molecular flexibility index (Phi) is 5.64. The Morgan fingerprint density at radius 2 is 2.10 bits per heavy atom. The molecule has 1 aliphatic rings. The van der Waals surface area contributed by atoms with Gasteiger partial charge in [-0.2, -0.15) is 5.26 Å². The van der Waals surface area contributed by atoms with Crippen LogP contribution in [0.4, 0.5) is 13.2 Å². The summed E-state index contributed by atoms with van der Waals surface area (Å²) in [5, 5.41) is 8.94. The number of alkyl halides is 2. The molecule has 152 valence electrons. The molecule has 6 nitrogen and oxygen atoms in total. The monoisotopic (exact) mass is 424 g/mol. The molecule has 2 aromatic carbocycles. The van der Waals surface area contributed by atoms with Crippen molar-refractivity contribution in [3.05, 3.63) is 58.4 Å². The van der Waals surface area contributed by atoms with Gasteiger partial charge in [0.15, 0.2) is 6.10 Å². The molecule has 10 heteroatoms. The SMILES string of the molecule is CC(=O)O[C@H]1c2c(CS(=O)[O-])ccc(Oc3cc(F)cc(C#N)c3)c2CC1(F)F. The van der Waals surface area contributed by atoms with E-state index in [1.807, 2.05) is 0 Å². The molecule has 0 spiro atoms. The average molecular weight is 424 g/mol. The molecule has 0 bridgehead atoms. The third-order valence-corrected chi connectivity index (χ3v) is 4.79. The minimum atomic E-state index is -3.49. The molecule has 2 atom stereocenters. The number of ether oxygens (including phenoxy) is 2. The van der Waals surface area contributed by atoms with Crippen LogP contribution in [0.25, 0.3) is 0 Å². The van der Waals surface area contributed by atoms with Gasteiger partial charge in [-0.3, -0.25) is 9.00 Å². The lowest BCUT2D eigenvalue weighted by atomic mass is 10.0. The first-order valence-corrected chi connectivity index (χ1v) is 9.49. The number of benzene rings is 2. The number of esters is 1. The number of nitrogens with zero attached hydrogens (tertiary/aromatic N) is 1. The van der Waals surface area contributed by atoms with Crippen molar-refractivity contribution in [2.75, 3.05) is 0 Å². The predicted molar refractivity (Wildman–Crippen MR) is 93.4 cm³/mol. The second kappa shape index (κ2) is 7.85. The van der Waals surface area contributed by atoms with E-state index < -0.39 is 47.1 Å². The standard InChI is InChI=1S/C19H14F3NO5S/c1-10(24)27-18-17-12(9-29(25)26)2-3-16(15(17)7-19(18,21)22)28-14-5-11(8-23)4-13(20)6-14/h2-6,18H,7,9H2,1H3,(H,25,26)/p-1/t18-/m0/s1. The molecule has 1 aliphatic carbocycles. The Morgan fingerprint density at radius 1 is 1.38 bits per heavy atom. The number of hydrogen-bond acceptors (Lipinski definition) is 6. The van der Waals surface area contributed by atoms with Crippen molar-refractivity contribution in [1.29, 1.82) is 5.26 Å². The number of nitriles is 1. The Labute approximate surface area is 166 Å². The van der Waals surface area contributed by atoms with Gasteiger partial charge in [-0.15, -0.1) is 0 Å². The van der Waals surface area contributed by atoms with Gasteiger partial charge in [-0.05, 0) is 23.8 Å². The predicted octanol–water partition coefficient (Wildman–Crippen LogP) is 3.66. The van der Waals surface area contributed by atoms with Gasteiger partial charge in [0.1, 0.15) is 17.3 Å². The van der Waals surface area contributed by atoms with Gasteiger partial charge in [0.05, 0.1) is 11.6 Å². The summed E-state index contributed by atoms with van der Waals surface area (Å²) in [6, 6.07) is 7.49. The first kappa shape index (κ1) is 20.8. The van der Waals surface area contributed by atoms with Crippen molar-refractivity contribution >= 4 is 17.0 Å². The molecule has 0 aliphatic heterocycles. The Morgan fingerprint density at radius 3 is 2.72 bits per heavy atom. The van der Waals surface area contributed by atoms with E-state index in [9.17, 15) is 26.7 Å². The lowest BCUT2D eigenvalue weighted by Crippen LogP contribution is -2.26. The van der Waals surface area contributed by atoms with Crippen LogP contribution in [0, 0.1) is 17.1 Å².